The fourth-order valence-corrected chi connectivity index (χ4v) is 2.19. The standard InChI is InChI=1S/C12H11ClO3/c13-9-5-2-1-4-8(9)10(14)12(11(15)16)6-3-7-12/h1-2,4-5H,3,6-7H2,(H,15,16). The SMILES string of the molecule is O=C(O)C1(C(=O)c2ccccc2Cl)CCC1. The molecule has 0 amide bonds. The van der Waals surface area contributed by atoms with Crippen LogP contribution in [0.1, 0.15) is 29.6 Å². The van der Waals surface area contributed by atoms with E-state index in [1.165, 1.54) is 0 Å². The first-order valence-electron chi connectivity index (χ1n) is 5.11. The van der Waals surface area contributed by atoms with Gasteiger partial charge in [0.1, 0.15) is 5.41 Å². The average molecular weight is 239 g/mol. The number of carboxylic acid groups (broad SMARTS) is 1. The number of carbonyl (C=O) groups is 2. The van der Waals surface area contributed by atoms with Crippen molar-refractivity contribution in [3.63, 3.8) is 0 Å². The van der Waals surface area contributed by atoms with Crippen LogP contribution in [0.15, 0.2) is 24.3 Å². The summed E-state index contributed by atoms with van der Waals surface area (Å²) < 4.78 is 0. The third-order valence-corrected chi connectivity index (χ3v) is 3.50. The highest BCUT2D eigenvalue weighted by Crippen LogP contribution is 2.44. The highest BCUT2D eigenvalue weighted by Gasteiger charge is 2.51. The molecule has 0 radical (unpaired) electrons. The maximum atomic E-state index is 12.1. The first-order chi connectivity index (χ1) is 7.58. The molecule has 4 heteroatoms. The van der Waals surface area contributed by atoms with Gasteiger partial charge in [0.25, 0.3) is 0 Å². The number of hydrogen-bond donors (Lipinski definition) is 1. The molecule has 1 aromatic carbocycles. The van der Waals surface area contributed by atoms with Crippen LogP contribution in [0.4, 0.5) is 0 Å². The van der Waals surface area contributed by atoms with E-state index in [4.69, 9.17) is 16.7 Å². The quantitative estimate of drug-likeness (QED) is 0.651. The molecule has 84 valence electrons. The van der Waals surface area contributed by atoms with Gasteiger partial charge in [-0.1, -0.05) is 30.2 Å². The zero-order valence-electron chi connectivity index (χ0n) is 8.57. The maximum Gasteiger partial charge on any atom is 0.317 e. The summed E-state index contributed by atoms with van der Waals surface area (Å²) in [6.45, 7) is 0. The number of aliphatic carboxylic acids is 1. The Balaban J connectivity index is 2.39. The van der Waals surface area contributed by atoms with Crippen LogP contribution >= 0.6 is 11.6 Å². The molecule has 1 saturated carbocycles. The average Bonchev–Trinajstić information content (AvgIpc) is 2.15. The highest BCUT2D eigenvalue weighted by atomic mass is 35.5. The van der Waals surface area contributed by atoms with E-state index in [1.807, 2.05) is 0 Å². The summed E-state index contributed by atoms with van der Waals surface area (Å²) in [6, 6.07) is 6.58. The Bertz CT molecular complexity index is 449. The van der Waals surface area contributed by atoms with Crippen molar-refractivity contribution in [3.05, 3.63) is 34.9 Å². The second-order valence-electron chi connectivity index (χ2n) is 4.05. The van der Waals surface area contributed by atoms with Crippen molar-refractivity contribution in [3.8, 4) is 0 Å². The molecule has 0 saturated heterocycles. The van der Waals surface area contributed by atoms with Crippen LogP contribution in [-0.2, 0) is 4.79 Å². The van der Waals surface area contributed by atoms with Crippen molar-refractivity contribution in [2.45, 2.75) is 19.3 Å². The molecular weight excluding hydrogens is 228 g/mol. The minimum Gasteiger partial charge on any atom is -0.480 e. The number of carboxylic acids is 1. The number of rotatable bonds is 3. The molecule has 1 fully saturated rings. The van der Waals surface area contributed by atoms with E-state index in [9.17, 15) is 9.59 Å². The van der Waals surface area contributed by atoms with Gasteiger partial charge >= 0.3 is 5.97 Å². The van der Waals surface area contributed by atoms with Crippen LogP contribution in [0.2, 0.25) is 5.02 Å². The van der Waals surface area contributed by atoms with E-state index in [0.717, 1.165) is 6.42 Å². The largest absolute Gasteiger partial charge is 0.480 e. The van der Waals surface area contributed by atoms with E-state index >= 15 is 0 Å². The molecule has 1 N–H and O–H groups in total. The van der Waals surface area contributed by atoms with Crippen LogP contribution in [0.25, 0.3) is 0 Å². The monoisotopic (exact) mass is 238 g/mol. The first kappa shape index (κ1) is 11.1. The summed E-state index contributed by atoms with van der Waals surface area (Å²) in [5.41, 5.74) is -0.920. The van der Waals surface area contributed by atoms with Gasteiger partial charge in [-0.05, 0) is 25.0 Å². The molecule has 1 aliphatic carbocycles. The Kier molecular flexibility index (Phi) is 2.72. The zero-order valence-corrected chi connectivity index (χ0v) is 9.33. The van der Waals surface area contributed by atoms with Gasteiger partial charge in [0, 0.05) is 5.56 Å². The predicted molar refractivity (Wildman–Crippen MR) is 59.7 cm³/mol. The summed E-state index contributed by atoms with van der Waals surface area (Å²) in [4.78, 5) is 23.3. The van der Waals surface area contributed by atoms with E-state index in [0.29, 0.717) is 23.4 Å². The summed E-state index contributed by atoms with van der Waals surface area (Å²) in [5.74, 6) is -1.40. The third kappa shape index (κ3) is 1.52. The van der Waals surface area contributed by atoms with Crippen molar-refractivity contribution >= 4 is 23.4 Å². The van der Waals surface area contributed by atoms with E-state index < -0.39 is 11.4 Å². The Morgan fingerprint density at radius 2 is 1.88 bits per heavy atom. The first-order valence-corrected chi connectivity index (χ1v) is 5.48. The molecular formula is C12H11ClO3. The molecule has 3 nitrogen and oxygen atoms in total. The van der Waals surface area contributed by atoms with Gasteiger partial charge in [-0.3, -0.25) is 9.59 Å². The van der Waals surface area contributed by atoms with Crippen LogP contribution in [0.3, 0.4) is 0 Å². The number of benzene rings is 1. The number of halogens is 1. The van der Waals surface area contributed by atoms with Crippen molar-refractivity contribution in [1.82, 2.24) is 0 Å². The Morgan fingerprint density at radius 1 is 1.25 bits per heavy atom. The lowest BCUT2D eigenvalue weighted by atomic mass is 9.64. The fourth-order valence-electron chi connectivity index (χ4n) is 1.97. The summed E-state index contributed by atoms with van der Waals surface area (Å²) in [5, 5.41) is 9.46. The summed E-state index contributed by atoms with van der Waals surface area (Å²) >= 11 is 5.90. The molecule has 0 heterocycles. The van der Waals surface area contributed by atoms with E-state index in [2.05, 4.69) is 0 Å². The van der Waals surface area contributed by atoms with Gasteiger partial charge in [-0.15, -0.1) is 0 Å². The van der Waals surface area contributed by atoms with Gasteiger partial charge in [-0.2, -0.15) is 0 Å². The van der Waals surface area contributed by atoms with Gasteiger partial charge in [0.05, 0.1) is 5.02 Å². The van der Waals surface area contributed by atoms with Crippen molar-refractivity contribution < 1.29 is 14.7 Å². The molecule has 1 aliphatic rings. The van der Waals surface area contributed by atoms with Crippen molar-refractivity contribution in [1.29, 1.82) is 0 Å². The number of Topliss-reactive ketones (excluding diaryl/α,β-unsaturated/α-hetero) is 1. The van der Waals surface area contributed by atoms with Gasteiger partial charge in [-0.25, -0.2) is 0 Å². The van der Waals surface area contributed by atoms with Crippen LogP contribution in [0, 0.1) is 5.41 Å². The predicted octanol–water partition coefficient (Wildman–Crippen LogP) is 2.78. The summed E-state index contributed by atoms with van der Waals surface area (Å²) in [6.07, 6.45) is 1.60. The molecule has 2 rings (SSSR count). The van der Waals surface area contributed by atoms with Crippen molar-refractivity contribution in [2.24, 2.45) is 5.41 Å². The number of carbonyl (C=O) groups excluding carboxylic acids is 1. The third-order valence-electron chi connectivity index (χ3n) is 3.17. The van der Waals surface area contributed by atoms with E-state index in [1.54, 1.807) is 24.3 Å². The number of ketones is 1. The second kappa shape index (κ2) is 3.91. The Labute approximate surface area is 98.0 Å². The lowest BCUT2D eigenvalue weighted by Crippen LogP contribution is -2.45. The smallest absolute Gasteiger partial charge is 0.317 e. The van der Waals surface area contributed by atoms with Crippen LogP contribution < -0.4 is 0 Å². The topological polar surface area (TPSA) is 54.4 Å². The lowest BCUT2D eigenvalue weighted by molar-refractivity contribution is -0.150. The van der Waals surface area contributed by atoms with Gasteiger partial charge in [0.2, 0.25) is 0 Å². The lowest BCUT2D eigenvalue weighted by Gasteiger charge is -2.36. The Hall–Kier alpha value is -1.35. The Morgan fingerprint density at radius 3 is 2.31 bits per heavy atom. The second-order valence-corrected chi connectivity index (χ2v) is 4.46. The minimum absolute atomic E-state index is 0.311. The fraction of sp³-hybridized carbons (Fsp3) is 0.333. The summed E-state index contributed by atoms with van der Waals surface area (Å²) in [7, 11) is 0. The van der Waals surface area contributed by atoms with Gasteiger partial charge < -0.3 is 5.11 Å². The minimum atomic E-state index is -1.23. The molecule has 0 spiro atoms. The molecule has 1 aromatic rings. The normalized spacial score (nSPS) is 17.6. The van der Waals surface area contributed by atoms with Crippen LogP contribution in [-0.4, -0.2) is 16.9 Å². The highest BCUT2D eigenvalue weighted by molar-refractivity contribution is 6.34. The molecule has 0 atom stereocenters. The molecule has 16 heavy (non-hydrogen) atoms. The molecule has 0 aliphatic heterocycles. The van der Waals surface area contributed by atoms with Crippen LogP contribution in [0.5, 0.6) is 0 Å². The van der Waals surface area contributed by atoms with Gasteiger partial charge in [0.15, 0.2) is 5.78 Å². The molecule has 0 unspecified atom stereocenters. The maximum absolute atomic E-state index is 12.1. The van der Waals surface area contributed by atoms with Crippen molar-refractivity contribution in [2.75, 3.05) is 0 Å². The zero-order chi connectivity index (χ0) is 11.8. The molecule has 0 bridgehead atoms. The molecule has 0 aromatic heterocycles. The number of hydrogen-bond acceptors (Lipinski definition) is 2. The van der Waals surface area contributed by atoms with E-state index in [-0.39, 0.29) is 5.78 Å².